The highest BCUT2D eigenvalue weighted by atomic mass is 19.4. The number of H-pyrrole nitrogens is 2. The molecule has 2 aliphatic carbocycles. The van der Waals surface area contributed by atoms with Gasteiger partial charge in [-0.3, -0.25) is 0 Å². The van der Waals surface area contributed by atoms with Gasteiger partial charge in [0.1, 0.15) is 11.5 Å². The van der Waals surface area contributed by atoms with Gasteiger partial charge in [0.15, 0.2) is 0 Å². The molecule has 55 heavy (non-hydrogen) atoms. The molecule has 0 amide bonds. The smallest absolute Gasteiger partial charge is 0.416 e. The van der Waals surface area contributed by atoms with E-state index in [4.69, 9.17) is 14.2 Å². The summed E-state index contributed by atoms with van der Waals surface area (Å²) in [6.45, 7) is 0. The van der Waals surface area contributed by atoms with Gasteiger partial charge in [0.25, 0.3) is 0 Å². The highest BCUT2D eigenvalue weighted by molar-refractivity contribution is 6.04. The molecule has 286 valence electrons. The zero-order valence-corrected chi connectivity index (χ0v) is 29.1. The fourth-order valence-corrected chi connectivity index (χ4v) is 6.94. The third kappa shape index (κ3) is 8.13. The van der Waals surface area contributed by atoms with Crippen molar-refractivity contribution in [3.8, 4) is 11.5 Å². The number of aromatic amines is 2. The molecule has 2 heterocycles. The van der Waals surface area contributed by atoms with Crippen LogP contribution in [0.2, 0.25) is 0 Å². The Bertz CT molecular complexity index is 2320. The molecule has 0 unspecified atom stereocenters. The highest BCUT2D eigenvalue weighted by Crippen LogP contribution is 2.42. The van der Waals surface area contributed by atoms with Gasteiger partial charge in [-0.2, -0.15) is 26.3 Å². The number of rotatable bonds is 8. The van der Waals surface area contributed by atoms with Crippen LogP contribution in [0.15, 0.2) is 97.3 Å². The van der Waals surface area contributed by atoms with Crippen molar-refractivity contribution < 1.29 is 55.2 Å². The second-order valence-electron chi connectivity index (χ2n) is 13.7. The number of methoxy groups -OCH3 is 1. The number of ether oxygens (including phenoxy) is 3. The van der Waals surface area contributed by atoms with Crippen molar-refractivity contribution in [3.05, 3.63) is 131 Å². The van der Waals surface area contributed by atoms with Crippen LogP contribution in [0.25, 0.3) is 21.8 Å². The molecule has 2 saturated carbocycles. The van der Waals surface area contributed by atoms with Crippen LogP contribution in [0, 0.1) is 0 Å². The maximum Gasteiger partial charge on any atom is 0.416 e. The lowest BCUT2D eigenvalue weighted by molar-refractivity contribution is -0.138. The number of benzene rings is 4. The lowest BCUT2D eigenvalue weighted by atomic mass is 9.77. The Kier molecular flexibility index (Phi) is 10.0. The van der Waals surface area contributed by atoms with Crippen molar-refractivity contribution in [2.45, 2.75) is 62.1 Å². The number of fused-ring (bicyclic) bond motifs is 2. The van der Waals surface area contributed by atoms with Crippen molar-refractivity contribution >= 4 is 33.7 Å². The monoisotopic (exact) mass is 764 g/mol. The number of aromatic nitrogens is 2. The molecular weight excluding hydrogens is 730 g/mol. The van der Waals surface area contributed by atoms with E-state index in [-0.39, 0.29) is 35.6 Å². The van der Waals surface area contributed by atoms with Crippen LogP contribution in [0.3, 0.4) is 0 Å². The summed E-state index contributed by atoms with van der Waals surface area (Å²) in [5, 5.41) is 10.7. The van der Waals surface area contributed by atoms with Crippen LogP contribution in [-0.4, -0.2) is 46.3 Å². The Balaban J connectivity index is 0.000000169. The van der Waals surface area contributed by atoms with Gasteiger partial charge in [-0.25, -0.2) is 9.59 Å². The maximum absolute atomic E-state index is 12.6. The first-order valence-electron chi connectivity index (χ1n) is 17.4. The fourth-order valence-electron chi connectivity index (χ4n) is 6.94. The van der Waals surface area contributed by atoms with Crippen molar-refractivity contribution in [2.24, 2.45) is 0 Å². The molecule has 0 radical (unpaired) electrons. The average molecular weight is 765 g/mol. The Morgan fingerprint density at radius 3 is 1.40 bits per heavy atom. The first kappa shape index (κ1) is 37.4. The molecule has 0 bridgehead atoms. The Morgan fingerprint density at radius 1 is 0.618 bits per heavy atom. The van der Waals surface area contributed by atoms with Crippen LogP contribution >= 0.6 is 0 Å². The molecule has 2 aliphatic rings. The van der Waals surface area contributed by atoms with E-state index in [9.17, 15) is 41.0 Å². The first-order valence-corrected chi connectivity index (χ1v) is 17.4. The number of nitrogens with one attached hydrogen (secondary N) is 2. The second kappa shape index (κ2) is 14.7. The molecule has 3 N–H and O–H groups in total. The predicted molar refractivity (Wildman–Crippen MR) is 191 cm³/mol. The largest absolute Gasteiger partial charge is 0.490 e. The van der Waals surface area contributed by atoms with Gasteiger partial charge in [0.2, 0.25) is 0 Å². The van der Waals surface area contributed by atoms with E-state index in [1.165, 1.54) is 37.6 Å². The summed E-state index contributed by atoms with van der Waals surface area (Å²) in [5.41, 5.74) is 3.12. The minimum absolute atomic E-state index is 0.0382. The number of carbonyl (C=O) groups is 2. The lowest BCUT2D eigenvalue weighted by Crippen LogP contribution is -2.32. The summed E-state index contributed by atoms with van der Waals surface area (Å²) in [6, 6.07) is 21.1. The van der Waals surface area contributed by atoms with Gasteiger partial charge in [-0.15, -0.1) is 0 Å². The summed E-state index contributed by atoms with van der Waals surface area (Å²) < 4.78 is 91.9. The van der Waals surface area contributed by atoms with Gasteiger partial charge in [0.05, 0.1) is 41.6 Å². The molecule has 2 aromatic heterocycles. The molecule has 0 aliphatic heterocycles. The number of halogens is 6. The number of hydrogen-bond donors (Lipinski definition) is 3. The standard InChI is InChI=1S/C21H18F3NO3.C20H16F3NO3/c1-27-20(26)18-11-25-19-7-2-12(10-17(18)19)13-8-16(9-13)28-15-5-3-14(4-6-15)21(22,23)24;21-20(22,23)13-2-4-14(5-3-13)27-15-7-12(8-15)11-1-6-18-16(9-11)17(10-24-18)19(25)26/h2-7,10-11,13,16,25H,8-9H2,1H3;1-6,9-10,12,15,24H,7-8H2,(H,25,26). The van der Waals surface area contributed by atoms with Crippen molar-refractivity contribution in [1.29, 1.82) is 0 Å². The molecule has 8 rings (SSSR count). The molecular formula is C41H34F6N2O6. The molecule has 14 heteroatoms. The van der Waals surface area contributed by atoms with E-state index in [0.717, 1.165) is 77.5 Å². The molecule has 0 spiro atoms. The van der Waals surface area contributed by atoms with E-state index in [0.29, 0.717) is 22.4 Å². The fraction of sp³-hybridized carbons (Fsp3) is 0.268. The van der Waals surface area contributed by atoms with Crippen LogP contribution in [0.5, 0.6) is 11.5 Å². The van der Waals surface area contributed by atoms with Crippen molar-refractivity contribution in [2.75, 3.05) is 7.11 Å². The van der Waals surface area contributed by atoms with Crippen LogP contribution in [0.1, 0.15) is 80.5 Å². The predicted octanol–water partition coefficient (Wildman–Crippen LogP) is 10.5. The normalized spacial score (nSPS) is 19.5. The summed E-state index contributed by atoms with van der Waals surface area (Å²) in [7, 11) is 1.35. The molecule has 6 aromatic rings. The van der Waals surface area contributed by atoms with Crippen LogP contribution in [-0.2, 0) is 17.1 Å². The number of carboxylic acid groups (broad SMARTS) is 1. The second-order valence-corrected chi connectivity index (χ2v) is 13.7. The summed E-state index contributed by atoms with van der Waals surface area (Å²) in [5.74, 6) is 0.0110. The average Bonchev–Trinajstić information content (AvgIpc) is 3.75. The van der Waals surface area contributed by atoms with Gasteiger partial charge in [-0.1, -0.05) is 12.1 Å². The topological polar surface area (TPSA) is 114 Å². The molecule has 0 atom stereocenters. The lowest BCUT2D eigenvalue weighted by Gasteiger charge is -2.35. The summed E-state index contributed by atoms with van der Waals surface area (Å²) in [6.07, 6.45) is -2.68. The van der Waals surface area contributed by atoms with Gasteiger partial charge < -0.3 is 29.3 Å². The van der Waals surface area contributed by atoms with E-state index >= 15 is 0 Å². The number of carbonyl (C=O) groups excluding carboxylic acids is 1. The van der Waals surface area contributed by atoms with Gasteiger partial charge in [0, 0.05) is 34.2 Å². The number of hydrogen-bond acceptors (Lipinski definition) is 5. The van der Waals surface area contributed by atoms with E-state index in [1.807, 2.05) is 36.4 Å². The van der Waals surface area contributed by atoms with Gasteiger partial charge >= 0.3 is 24.3 Å². The van der Waals surface area contributed by atoms with E-state index in [2.05, 4.69) is 9.97 Å². The molecule has 2 fully saturated rings. The minimum atomic E-state index is -4.36. The number of esters is 1. The Morgan fingerprint density at radius 2 is 1.02 bits per heavy atom. The quantitative estimate of drug-likeness (QED) is 0.105. The third-order valence-corrected chi connectivity index (χ3v) is 10.1. The summed E-state index contributed by atoms with van der Waals surface area (Å²) >= 11 is 0. The van der Waals surface area contributed by atoms with Crippen LogP contribution in [0.4, 0.5) is 26.3 Å². The zero-order chi connectivity index (χ0) is 39.1. The molecule has 4 aromatic carbocycles. The Labute approximate surface area is 310 Å². The number of aromatic carboxylic acids is 1. The van der Waals surface area contributed by atoms with E-state index in [1.54, 1.807) is 6.20 Å². The number of carboxylic acids is 1. The van der Waals surface area contributed by atoms with Crippen LogP contribution < -0.4 is 9.47 Å². The molecule has 8 nitrogen and oxygen atoms in total. The SMILES string of the molecule is COC(=O)c1c[nH]c2ccc(C3CC(Oc4ccc(C(F)(F)F)cc4)C3)cc12.O=C(O)c1c[nH]c2ccc(C3CC(Oc4ccc(C(F)(F)F)cc4)C3)cc12. The molecule has 0 saturated heterocycles. The number of alkyl halides is 6. The Hall–Kier alpha value is -5.92. The zero-order valence-electron chi connectivity index (χ0n) is 29.1. The third-order valence-electron chi connectivity index (χ3n) is 10.1. The van der Waals surface area contributed by atoms with Crippen molar-refractivity contribution in [3.63, 3.8) is 0 Å². The van der Waals surface area contributed by atoms with Gasteiger partial charge in [-0.05, 0) is 121 Å². The first-order chi connectivity index (χ1) is 26.2. The maximum atomic E-state index is 12.6. The summed E-state index contributed by atoms with van der Waals surface area (Å²) in [4.78, 5) is 29.1. The highest BCUT2D eigenvalue weighted by Gasteiger charge is 2.35. The minimum Gasteiger partial charge on any atom is -0.490 e. The van der Waals surface area contributed by atoms with E-state index < -0.39 is 29.4 Å². The van der Waals surface area contributed by atoms with Crippen molar-refractivity contribution in [1.82, 2.24) is 9.97 Å².